The molecule has 0 aromatic heterocycles. The van der Waals surface area contributed by atoms with Crippen molar-refractivity contribution < 1.29 is 18.0 Å². The van der Waals surface area contributed by atoms with Crippen molar-refractivity contribution in [3.8, 4) is 0 Å². The van der Waals surface area contributed by atoms with E-state index in [1.165, 1.54) is 12.1 Å². The highest BCUT2D eigenvalue weighted by atomic mass is 19.4. The van der Waals surface area contributed by atoms with Crippen LogP contribution in [-0.2, 0) is 11.0 Å². The molecule has 8 heteroatoms. The molecule has 2 aliphatic heterocycles. The number of hydrogen-bond donors (Lipinski definition) is 0. The van der Waals surface area contributed by atoms with Crippen molar-refractivity contribution >= 4 is 11.6 Å². The van der Waals surface area contributed by atoms with Crippen LogP contribution < -0.4 is 4.90 Å². The summed E-state index contributed by atoms with van der Waals surface area (Å²) < 4.78 is 38.9. The molecule has 0 N–H and O–H groups in total. The van der Waals surface area contributed by atoms with Gasteiger partial charge in [0.2, 0.25) is 5.91 Å². The number of likely N-dealkylation sites (N-methyl/N-ethyl adjacent to an activating group) is 1. The van der Waals surface area contributed by atoms with Gasteiger partial charge in [0, 0.05) is 58.5 Å². The highest BCUT2D eigenvalue weighted by Gasteiger charge is 2.32. The van der Waals surface area contributed by atoms with Crippen molar-refractivity contribution in [3.63, 3.8) is 0 Å². The maximum absolute atomic E-state index is 13.0. The van der Waals surface area contributed by atoms with Crippen LogP contribution >= 0.6 is 0 Å². The highest BCUT2D eigenvalue weighted by molar-refractivity contribution is 5.77. The molecule has 0 unspecified atom stereocenters. The lowest BCUT2D eigenvalue weighted by Crippen LogP contribution is -2.56. The van der Waals surface area contributed by atoms with E-state index in [1.807, 2.05) is 4.90 Å². The molecule has 2 fully saturated rings. The fraction of sp³-hybridized carbons (Fsp3) is 0.650. The van der Waals surface area contributed by atoms with Crippen molar-refractivity contribution in [2.45, 2.75) is 25.1 Å². The van der Waals surface area contributed by atoms with E-state index < -0.39 is 11.7 Å². The van der Waals surface area contributed by atoms with Crippen LogP contribution in [-0.4, -0.2) is 86.6 Å². The minimum atomic E-state index is -4.31. The van der Waals surface area contributed by atoms with Crippen LogP contribution in [0.5, 0.6) is 0 Å². The minimum Gasteiger partial charge on any atom is -0.369 e. The average molecular weight is 398 g/mol. The van der Waals surface area contributed by atoms with Gasteiger partial charge in [-0.25, -0.2) is 0 Å². The Labute approximate surface area is 164 Å². The molecular formula is C20H29F3N4O. The number of alkyl halides is 3. The number of carbonyl (C=O) groups is 1. The van der Waals surface area contributed by atoms with Gasteiger partial charge in [0.15, 0.2) is 0 Å². The van der Waals surface area contributed by atoms with Crippen LogP contribution in [0, 0.1) is 0 Å². The number of hydrogen-bond acceptors (Lipinski definition) is 4. The van der Waals surface area contributed by atoms with Crippen LogP contribution in [0.3, 0.4) is 0 Å². The quantitative estimate of drug-likeness (QED) is 0.779. The number of amides is 1. The molecule has 2 saturated heterocycles. The van der Waals surface area contributed by atoms with Crippen LogP contribution in [0.4, 0.5) is 18.9 Å². The second-order valence-corrected chi connectivity index (χ2v) is 7.89. The van der Waals surface area contributed by atoms with Gasteiger partial charge in [0.05, 0.1) is 12.1 Å². The van der Waals surface area contributed by atoms with Gasteiger partial charge in [0.25, 0.3) is 0 Å². The number of halogens is 3. The summed E-state index contributed by atoms with van der Waals surface area (Å²) in [6, 6.07) is 5.99. The monoisotopic (exact) mass is 398 g/mol. The van der Waals surface area contributed by atoms with E-state index >= 15 is 0 Å². The number of anilines is 1. The molecule has 1 aromatic carbocycles. The maximum atomic E-state index is 13.0. The number of rotatable bonds is 4. The zero-order valence-electron chi connectivity index (χ0n) is 16.6. The number of benzene rings is 1. The molecule has 0 spiro atoms. The number of likely N-dealkylation sites (tertiary alicyclic amines) is 1. The van der Waals surface area contributed by atoms with Crippen LogP contribution in [0.25, 0.3) is 0 Å². The van der Waals surface area contributed by atoms with Crippen molar-refractivity contribution in [1.29, 1.82) is 0 Å². The summed E-state index contributed by atoms with van der Waals surface area (Å²) >= 11 is 0. The third-order valence-corrected chi connectivity index (χ3v) is 5.71. The summed E-state index contributed by atoms with van der Waals surface area (Å²) in [5.41, 5.74) is 0.0391. The summed E-state index contributed by atoms with van der Waals surface area (Å²) in [4.78, 5) is 20.3. The molecule has 1 atom stereocenters. The Morgan fingerprint density at radius 3 is 2.50 bits per heavy atom. The Morgan fingerprint density at radius 2 is 1.86 bits per heavy atom. The molecule has 0 aliphatic carbocycles. The zero-order chi connectivity index (χ0) is 20.3. The SMILES string of the molecule is CN(C)C(=O)CN1CCC[C@H](N2CCN(c3cccc(C(F)(F)F)c3)CC2)C1. The van der Waals surface area contributed by atoms with Gasteiger partial charge in [0.1, 0.15) is 0 Å². The summed E-state index contributed by atoms with van der Waals surface area (Å²) in [6.45, 7) is 5.37. The van der Waals surface area contributed by atoms with Gasteiger partial charge in [-0.2, -0.15) is 13.2 Å². The average Bonchev–Trinajstić information content (AvgIpc) is 2.68. The molecule has 2 aliphatic rings. The lowest BCUT2D eigenvalue weighted by molar-refractivity contribution is -0.137. The van der Waals surface area contributed by atoms with Gasteiger partial charge < -0.3 is 9.80 Å². The minimum absolute atomic E-state index is 0.120. The molecule has 2 heterocycles. The molecule has 0 radical (unpaired) electrons. The van der Waals surface area contributed by atoms with E-state index in [4.69, 9.17) is 0 Å². The molecule has 156 valence electrons. The first kappa shape index (κ1) is 20.9. The number of piperidine rings is 1. The summed E-state index contributed by atoms with van der Waals surface area (Å²) in [6.07, 6.45) is -2.14. The van der Waals surface area contributed by atoms with Crippen molar-refractivity contribution in [1.82, 2.24) is 14.7 Å². The van der Waals surface area contributed by atoms with Gasteiger partial charge in [-0.15, -0.1) is 0 Å². The molecule has 3 rings (SSSR count). The normalized spacial score (nSPS) is 22.3. The first-order valence-corrected chi connectivity index (χ1v) is 9.83. The number of carbonyl (C=O) groups excluding carboxylic acids is 1. The van der Waals surface area contributed by atoms with E-state index in [1.54, 1.807) is 25.1 Å². The predicted molar refractivity (Wildman–Crippen MR) is 103 cm³/mol. The molecule has 0 bridgehead atoms. The van der Waals surface area contributed by atoms with Crippen LogP contribution in [0.2, 0.25) is 0 Å². The molecule has 5 nitrogen and oxygen atoms in total. The van der Waals surface area contributed by atoms with E-state index in [-0.39, 0.29) is 5.91 Å². The fourth-order valence-corrected chi connectivity index (χ4v) is 4.03. The van der Waals surface area contributed by atoms with Crippen LogP contribution in [0.1, 0.15) is 18.4 Å². The lowest BCUT2D eigenvalue weighted by Gasteiger charge is -2.44. The van der Waals surface area contributed by atoms with Crippen molar-refractivity contribution in [3.05, 3.63) is 29.8 Å². The second-order valence-electron chi connectivity index (χ2n) is 7.89. The molecule has 1 amide bonds. The predicted octanol–water partition coefficient (Wildman–Crippen LogP) is 2.38. The zero-order valence-corrected chi connectivity index (χ0v) is 16.6. The summed E-state index contributed by atoms with van der Waals surface area (Å²) in [5, 5.41) is 0. The fourth-order valence-electron chi connectivity index (χ4n) is 4.03. The van der Waals surface area contributed by atoms with Gasteiger partial charge in [-0.1, -0.05) is 6.07 Å². The first-order valence-electron chi connectivity index (χ1n) is 9.83. The van der Waals surface area contributed by atoms with Gasteiger partial charge in [-0.3, -0.25) is 14.6 Å². The first-order chi connectivity index (χ1) is 13.2. The molecule has 1 aromatic rings. The van der Waals surface area contributed by atoms with E-state index in [0.29, 0.717) is 31.4 Å². The highest BCUT2D eigenvalue weighted by Crippen LogP contribution is 2.32. The number of piperazine rings is 1. The van der Waals surface area contributed by atoms with Gasteiger partial charge in [-0.05, 0) is 37.6 Å². The smallest absolute Gasteiger partial charge is 0.369 e. The third kappa shape index (κ3) is 5.17. The third-order valence-electron chi connectivity index (χ3n) is 5.71. The topological polar surface area (TPSA) is 30.0 Å². The Hall–Kier alpha value is -1.80. The van der Waals surface area contributed by atoms with E-state index in [0.717, 1.165) is 45.1 Å². The second kappa shape index (κ2) is 8.69. The Kier molecular flexibility index (Phi) is 6.50. The van der Waals surface area contributed by atoms with Crippen molar-refractivity contribution in [2.24, 2.45) is 0 Å². The Balaban J connectivity index is 1.54. The van der Waals surface area contributed by atoms with E-state index in [2.05, 4.69) is 9.80 Å². The van der Waals surface area contributed by atoms with Crippen LogP contribution in [0.15, 0.2) is 24.3 Å². The lowest BCUT2D eigenvalue weighted by atomic mass is 10.0. The van der Waals surface area contributed by atoms with Gasteiger partial charge >= 0.3 is 6.18 Å². The molecule has 0 saturated carbocycles. The Morgan fingerprint density at radius 1 is 1.14 bits per heavy atom. The Bertz CT molecular complexity index is 672. The van der Waals surface area contributed by atoms with Crippen molar-refractivity contribution in [2.75, 3.05) is 64.8 Å². The summed E-state index contributed by atoms with van der Waals surface area (Å²) in [5.74, 6) is 0.120. The molecule has 28 heavy (non-hydrogen) atoms. The maximum Gasteiger partial charge on any atom is 0.416 e. The van der Waals surface area contributed by atoms with E-state index in [9.17, 15) is 18.0 Å². The summed E-state index contributed by atoms with van der Waals surface area (Å²) in [7, 11) is 3.55. The standard InChI is InChI=1S/C20H29F3N4O/c1-24(2)19(28)15-25-8-4-7-18(14-25)27-11-9-26(10-12-27)17-6-3-5-16(13-17)20(21,22)23/h3,5-6,13,18H,4,7-12,14-15H2,1-2H3/t18-/m0/s1. The largest absolute Gasteiger partial charge is 0.416 e. The number of nitrogens with zero attached hydrogens (tertiary/aromatic N) is 4. The molecular weight excluding hydrogens is 369 g/mol.